The number of hydrogen-bond donors (Lipinski definition) is 1. The van der Waals surface area contributed by atoms with Crippen molar-refractivity contribution < 1.29 is 14.6 Å². The summed E-state index contributed by atoms with van der Waals surface area (Å²) in [6.07, 6.45) is 1.36. The number of ether oxygens (including phenoxy) is 1. The molecule has 0 aliphatic heterocycles. The van der Waals surface area contributed by atoms with Crippen LogP contribution in [0.5, 0.6) is 11.6 Å². The van der Waals surface area contributed by atoms with E-state index in [1.54, 1.807) is 12.1 Å². The first-order chi connectivity index (χ1) is 8.70. The molecule has 0 saturated carbocycles. The van der Waals surface area contributed by atoms with E-state index in [2.05, 4.69) is 9.97 Å². The second-order valence-electron chi connectivity index (χ2n) is 3.23. The molecule has 0 aliphatic carbocycles. The number of aromatic nitrogens is 2. The first kappa shape index (κ1) is 11.5. The normalized spacial score (nSPS) is 9.50. The van der Waals surface area contributed by atoms with Gasteiger partial charge in [-0.05, 0) is 18.2 Å². The quantitative estimate of drug-likeness (QED) is 0.880. The standard InChI is InChI=1S/C12H7N3O3/c13-7-8-3-1-5-10(15-8)18-9-4-2-6-14-11(9)12(16)17/h1-6H,(H,16,17). The molecule has 2 rings (SSSR count). The highest BCUT2D eigenvalue weighted by Crippen LogP contribution is 2.22. The third kappa shape index (κ3) is 2.41. The molecule has 0 fully saturated rings. The van der Waals surface area contributed by atoms with Gasteiger partial charge in [0.2, 0.25) is 5.88 Å². The monoisotopic (exact) mass is 241 g/mol. The van der Waals surface area contributed by atoms with Crippen LogP contribution in [0, 0.1) is 11.3 Å². The molecule has 6 nitrogen and oxygen atoms in total. The van der Waals surface area contributed by atoms with Gasteiger partial charge in [-0.25, -0.2) is 14.8 Å². The molecule has 2 aromatic heterocycles. The van der Waals surface area contributed by atoms with Crippen molar-refractivity contribution in [3.8, 4) is 17.7 Å². The van der Waals surface area contributed by atoms with Gasteiger partial charge in [-0.3, -0.25) is 0 Å². The van der Waals surface area contributed by atoms with Crippen LogP contribution in [0.2, 0.25) is 0 Å². The number of carboxylic acid groups (broad SMARTS) is 1. The van der Waals surface area contributed by atoms with Crippen LogP contribution in [0.3, 0.4) is 0 Å². The Kier molecular flexibility index (Phi) is 3.16. The zero-order valence-electron chi connectivity index (χ0n) is 9.07. The van der Waals surface area contributed by atoms with Gasteiger partial charge in [-0.1, -0.05) is 6.07 Å². The topological polar surface area (TPSA) is 96.1 Å². The first-order valence-corrected chi connectivity index (χ1v) is 4.94. The van der Waals surface area contributed by atoms with Gasteiger partial charge in [-0.2, -0.15) is 5.26 Å². The molecule has 0 amide bonds. The van der Waals surface area contributed by atoms with Crippen molar-refractivity contribution in [1.29, 1.82) is 5.26 Å². The second-order valence-corrected chi connectivity index (χ2v) is 3.23. The highest BCUT2D eigenvalue weighted by Gasteiger charge is 2.13. The van der Waals surface area contributed by atoms with E-state index in [0.717, 1.165) is 0 Å². The van der Waals surface area contributed by atoms with Crippen molar-refractivity contribution >= 4 is 5.97 Å². The molecule has 0 aromatic carbocycles. The third-order valence-corrected chi connectivity index (χ3v) is 2.03. The molecule has 1 N–H and O–H groups in total. The molecule has 18 heavy (non-hydrogen) atoms. The number of rotatable bonds is 3. The molecule has 88 valence electrons. The number of hydrogen-bond acceptors (Lipinski definition) is 5. The minimum Gasteiger partial charge on any atom is -0.476 e. The zero-order valence-corrected chi connectivity index (χ0v) is 9.07. The molecule has 0 aliphatic rings. The van der Waals surface area contributed by atoms with Crippen molar-refractivity contribution in [2.45, 2.75) is 0 Å². The number of nitriles is 1. The molecule has 0 radical (unpaired) electrons. The Morgan fingerprint density at radius 2 is 2.17 bits per heavy atom. The fourth-order valence-corrected chi connectivity index (χ4v) is 1.28. The Hall–Kier alpha value is -2.94. The maximum Gasteiger partial charge on any atom is 0.358 e. The van der Waals surface area contributed by atoms with Crippen LogP contribution < -0.4 is 4.74 Å². The van der Waals surface area contributed by atoms with Crippen molar-refractivity contribution in [3.05, 3.63) is 47.9 Å². The molecule has 0 spiro atoms. The predicted octanol–water partition coefficient (Wildman–Crippen LogP) is 1.84. The lowest BCUT2D eigenvalue weighted by atomic mass is 10.3. The van der Waals surface area contributed by atoms with E-state index in [0.29, 0.717) is 0 Å². The Morgan fingerprint density at radius 1 is 1.33 bits per heavy atom. The van der Waals surface area contributed by atoms with Gasteiger partial charge >= 0.3 is 5.97 Å². The molecule has 6 heteroatoms. The lowest BCUT2D eigenvalue weighted by Gasteiger charge is -2.06. The third-order valence-electron chi connectivity index (χ3n) is 2.03. The van der Waals surface area contributed by atoms with Gasteiger partial charge in [0.05, 0.1) is 0 Å². The van der Waals surface area contributed by atoms with E-state index in [-0.39, 0.29) is 23.0 Å². The van der Waals surface area contributed by atoms with E-state index in [4.69, 9.17) is 15.1 Å². The number of carboxylic acids is 1. The minimum absolute atomic E-state index is 0.0765. The Balaban J connectivity index is 2.34. The van der Waals surface area contributed by atoms with Crippen LogP contribution in [0.1, 0.15) is 16.2 Å². The molecule has 2 aromatic rings. The fourth-order valence-electron chi connectivity index (χ4n) is 1.28. The summed E-state index contributed by atoms with van der Waals surface area (Å²) >= 11 is 0. The van der Waals surface area contributed by atoms with Crippen LogP contribution >= 0.6 is 0 Å². The molecular weight excluding hydrogens is 234 g/mol. The van der Waals surface area contributed by atoms with Crippen LogP contribution in [0.4, 0.5) is 0 Å². The summed E-state index contributed by atoms with van der Waals surface area (Å²) < 4.78 is 5.31. The summed E-state index contributed by atoms with van der Waals surface area (Å²) in [4.78, 5) is 18.5. The van der Waals surface area contributed by atoms with E-state index in [1.807, 2.05) is 6.07 Å². The van der Waals surface area contributed by atoms with Crippen molar-refractivity contribution in [2.24, 2.45) is 0 Å². The molecule has 0 bridgehead atoms. The number of nitrogens with zero attached hydrogens (tertiary/aromatic N) is 3. The fraction of sp³-hybridized carbons (Fsp3) is 0. The van der Waals surface area contributed by atoms with Gasteiger partial charge in [0.15, 0.2) is 11.4 Å². The van der Waals surface area contributed by atoms with E-state index < -0.39 is 5.97 Å². The zero-order chi connectivity index (χ0) is 13.0. The largest absolute Gasteiger partial charge is 0.476 e. The van der Waals surface area contributed by atoms with Gasteiger partial charge < -0.3 is 9.84 Å². The summed E-state index contributed by atoms with van der Waals surface area (Å²) in [6, 6.07) is 9.53. The summed E-state index contributed by atoms with van der Waals surface area (Å²) in [7, 11) is 0. The minimum atomic E-state index is -1.19. The second kappa shape index (κ2) is 4.93. The average molecular weight is 241 g/mol. The van der Waals surface area contributed by atoms with Crippen LogP contribution in [-0.4, -0.2) is 21.0 Å². The molecule has 0 unspecified atom stereocenters. The highest BCUT2D eigenvalue weighted by molar-refractivity contribution is 5.88. The van der Waals surface area contributed by atoms with E-state index >= 15 is 0 Å². The first-order valence-electron chi connectivity index (χ1n) is 4.94. The molecule has 2 heterocycles. The highest BCUT2D eigenvalue weighted by atomic mass is 16.5. The maximum absolute atomic E-state index is 10.9. The van der Waals surface area contributed by atoms with Gasteiger partial charge in [0.1, 0.15) is 11.8 Å². The van der Waals surface area contributed by atoms with Gasteiger partial charge in [-0.15, -0.1) is 0 Å². The Morgan fingerprint density at radius 3 is 2.89 bits per heavy atom. The van der Waals surface area contributed by atoms with E-state index in [9.17, 15) is 4.79 Å². The van der Waals surface area contributed by atoms with Gasteiger partial charge in [0, 0.05) is 12.3 Å². The summed E-state index contributed by atoms with van der Waals surface area (Å²) in [5.74, 6) is -0.973. The lowest BCUT2D eigenvalue weighted by Crippen LogP contribution is -2.03. The summed E-state index contributed by atoms with van der Waals surface area (Å²) in [5, 5.41) is 17.6. The predicted molar refractivity (Wildman–Crippen MR) is 60.2 cm³/mol. The average Bonchev–Trinajstić information content (AvgIpc) is 2.39. The van der Waals surface area contributed by atoms with Crippen molar-refractivity contribution in [2.75, 3.05) is 0 Å². The summed E-state index contributed by atoms with van der Waals surface area (Å²) in [5.41, 5.74) is -0.0186. The van der Waals surface area contributed by atoms with Crippen molar-refractivity contribution in [1.82, 2.24) is 9.97 Å². The summed E-state index contributed by atoms with van der Waals surface area (Å²) in [6.45, 7) is 0. The molecule has 0 atom stereocenters. The lowest BCUT2D eigenvalue weighted by molar-refractivity contribution is 0.0687. The number of carbonyl (C=O) groups is 1. The number of pyridine rings is 2. The smallest absolute Gasteiger partial charge is 0.358 e. The van der Waals surface area contributed by atoms with Crippen LogP contribution in [-0.2, 0) is 0 Å². The van der Waals surface area contributed by atoms with E-state index in [1.165, 1.54) is 24.4 Å². The molecular formula is C12H7N3O3. The van der Waals surface area contributed by atoms with Crippen LogP contribution in [0.15, 0.2) is 36.5 Å². The SMILES string of the molecule is N#Cc1cccc(Oc2cccnc2C(=O)O)n1. The number of aromatic carboxylic acids is 1. The van der Waals surface area contributed by atoms with Crippen molar-refractivity contribution in [3.63, 3.8) is 0 Å². The molecule has 0 saturated heterocycles. The Bertz CT molecular complexity index is 634. The maximum atomic E-state index is 10.9. The van der Waals surface area contributed by atoms with Gasteiger partial charge in [0.25, 0.3) is 0 Å². The van der Waals surface area contributed by atoms with Crippen LogP contribution in [0.25, 0.3) is 0 Å². The Labute approximate surface area is 102 Å².